The number of amides is 3. The lowest BCUT2D eigenvalue weighted by Crippen LogP contribution is -2.60. The summed E-state index contributed by atoms with van der Waals surface area (Å²) in [5.41, 5.74) is 6.85. The molecule has 4 aromatic rings. The highest BCUT2D eigenvalue weighted by Crippen LogP contribution is 2.29. The molecule has 0 saturated carbocycles. The number of carbonyl (C=O) groups is 4. The van der Waals surface area contributed by atoms with Gasteiger partial charge in [-0.15, -0.1) is 0 Å². The van der Waals surface area contributed by atoms with Gasteiger partial charge in [-0.25, -0.2) is 20.0 Å². The van der Waals surface area contributed by atoms with Crippen molar-refractivity contribution in [2.24, 2.45) is 0 Å². The van der Waals surface area contributed by atoms with Crippen molar-refractivity contribution in [1.29, 1.82) is 0 Å². The summed E-state index contributed by atoms with van der Waals surface area (Å²) >= 11 is 0. The fourth-order valence-corrected chi connectivity index (χ4v) is 5.78. The Hall–Kier alpha value is -5.47. The van der Waals surface area contributed by atoms with E-state index in [1.165, 1.54) is 5.01 Å². The van der Waals surface area contributed by atoms with Crippen LogP contribution >= 0.6 is 0 Å². The Morgan fingerprint density at radius 2 is 1.78 bits per heavy atom. The lowest BCUT2D eigenvalue weighted by molar-refractivity contribution is -0.147. The minimum absolute atomic E-state index is 0.0216. The minimum atomic E-state index is -1.16. The van der Waals surface area contributed by atoms with Crippen molar-refractivity contribution in [1.82, 2.24) is 25.3 Å². The number of aromatic nitrogens is 2. The van der Waals surface area contributed by atoms with Gasteiger partial charge in [0.15, 0.2) is 0 Å². The summed E-state index contributed by atoms with van der Waals surface area (Å²) in [5.74, 6) is -1.62. The predicted octanol–water partition coefficient (Wildman–Crippen LogP) is 4.85. The molecule has 270 valence electrons. The molecule has 2 atom stereocenters. The van der Waals surface area contributed by atoms with E-state index in [2.05, 4.69) is 21.0 Å². The molecule has 0 spiro atoms. The van der Waals surface area contributed by atoms with Crippen LogP contribution in [-0.2, 0) is 38.6 Å². The molecular formula is C37H44N6O8. The maximum Gasteiger partial charge on any atom is 0.411 e. The highest BCUT2D eigenvalue weighted by Gasteiger charge is 2.33. The summed E-state index contributed by atoms with van der Waals surface area (Å²) in [5, 5.41) is 25.7. The van der Waals surface area contributed by atoms with Gasteiger partial charge in [0, 0.05) is 31.8 Å². The van der Waals surface area contributed by atoms with Crippen LogP contribution in [0.25, 0.3) is 22.2 Å². The summed E-state index contributed by atoms with van der Waals surface area (Å²) in [6.07, 6.45) is 1.57. The van der Waals surface area contributed by atoms with Gasteiger partial charge in [-0.05, 0) is 86.6 Å². The third kappa shape index (κ3) is 10.3. The molecule has 5 rings (SSSR count). The van der Waals surface area contributed by atoms with E-state index >= 15 is 0 Å². The molecule has 0 radical (unpaired) electrons. The summed E-state index contributed by atoms with van der Waals surface area (Å²) in [6, 6.07) is 18.2. The molecule has 1 saturated heterocycles. The zero-order chi connectivity index (χ0) is 36.5. The number of benzene rings is 3. The largest absolute Gasteiger partial charge is 0.480 e. The van der Waals surface area contributed by atoms with Gasteiger partial charge in [0.2, 0.25) is 0 Å². The van der Waals surface area contributed by atoms with Crippen LogP contribution in [0, 0.1) is 0 Å². The van der Waals surface area contributed by atoms with Crippen LogP contribution in [0.15, 0.2) is 73.1 Å². The fraction of sp³-hybridized carbons (Fsp3) is 0.378. The van der Waals surface area contributed by atoms with E-state index in [1.807, 2.05) is 59.2 Å². The first kappa shape index (κ1) is 36.8. The molecule has 14 nitrogen and oxygen atoms in total. The van der Waals surface area contributed by atoms with Crippen LogP contribution in [0.2, 0.25) is 0 Å². The summed E-state index contributed by atoms with van der Waals surface area (Å²) in [6.45, 7) is 6.04. The lowest BCUT2D eigenvalue weighted by Gasteiger charge is -2.34. The number of aliphatic hydroxyl groups excluding tert-OH is 1. The first-order valence-corrected chi connectivity index (χ1v) is 16.9. The number of carboxylic acid groups (broad SMARTS) is 1. The molecule has 1 aliphatic rings. The van der Waals surface area contributed by atoms with Crippen molar-refractivity contribution in [3.63, 3.8) is 0 Å². The fourth-order valence-electron chi connectivity index (χ4n) is 5.78. The Morgan fingerprint density at radius 3 is 2.51 bits per heavy atom. The smallest absolute Gasteiger partial charge is 0.411 e. The first-order chi connectivity index (χ1) is 24.4. The molecule has 1 aromatic heterocycles. The number of rotatable bonds is 12. The van der Waals surface area contributed by atoms with Gasteiger partial charge in [-0.2, -0.15) is 0 Å². The molecule has 1 fully saturated rings. The van der Waals surface area contributed by atoms with E-state index in [0.717, 1.165) is 22.2 Å². The lowest BCUT2D eigenvalue weighted by atomic mass is 9.97. The number of anilines is 1. The second-order valence-corrected chi connectivity index (χ2v) is 13.4. The van der Waals surface area contributed by atoms with Gasteiger partial charge in [0.1, 0.15) is 24.3 Å². The number of hydrazine groups is 1. The third-order valence-electron chi connectivity index (χ3n) is 8.14. The molecule has 1 aliphatic heterocycles. The number of hydrogen-bond acceptors (Lipinski definition) is 9. The van der Waals surface area contributed by atoms with Crippen molar-refractivity contribution < 1.29 is 38.9 Å². The zero-order valence-electron chi connectivity index (χ0n) is 28.9. The summed E-state index contributed by atoms with van der Waals surface area (Å²) < 4.78 is 12.9. The quantitative estimate of drug-likeness (QED) is 0.137. The molecule has 0 aliphatic carbocycles. The summed E-state index contributed by atoms with van der Waals surface area (Å²) in [7, 11) is 0. The Bertz CT molecular complexity index is 1850. The average Bonchev–Trinajstić information content (AvgIpc) is 3.51. The molecule has 0 bridgehead atoms. The number of aliphatic hydroxyl groups is 1. The van der Waals surface area contributed by atoms with E-state index in [0.29, 0.717) is 42.6 Å². The number of carbonyl (C=O) groups excluding carboxylic acids is 3. The predicted molar refractivity (Wildman–Crippen MR) is 189 cm³/mol. The van der Waals surface area contributed by atoms with E-state index < -0.39 is 41.7 Å². The second kappa shape index (κ2) is 16.5. The maximum atomic E-state index is 13.9. The number of nitrogens with one attached hydrogen (secondary N) is 3. The molecule has 3 aromatic carbocycles. The zero-order valence-corrected chi connectivity index (χ0v) is 28.9. The molecule has 51 heavy (non-hydrogen) atoms. The van der Waals surface area contributed by atoms with Crippen molar-refractivity contribution >= 4 is 40.8 Å². The van der Waals surface area contributed by atoms with Crippen molar-refractivity contribution in [3.05, 3.63) is 84.2 Å². The number of carboxylic acids is 1. The number of imidazole rings is 1. The average molecular weight is 701 g/mol. The van der Waals surface area contributed by atoms with Crippen molar-refractivity contribution in [2.45, 2.75) is 77.3 Å². The first-order valence-electron chi connectivity index (χ1n) is 16.9. The molecule has 5 N–H and O–H groups in total. The second-order valence-electron chi connectivity index (χ2n) is 13.4. The van der Waals surface area contributed by atoms with Crippen LogP contribution in [0.1, 0.15) is 51.2 Å². The SMILES string of the molecule is CC(C)(C)OC(=O)NC(Cc1cc(NC(=O)OCc2ccccc2)cc(-c2ccc3ncn(CCCO)c3c2)c1)C(=O)N1CCC[C@@H](C(=O)O)N1. The van der Waals surface area contributed by atoms with Gasteiger partial charge < -0.3 is 29.6 Å². The number of aryl methyl sites for hydroxylation is 1. The topological polar surface area (TPSA) is 184 Å². The van der Waals surface area contributed by atoms with Gasteiger partial charge in [0.25, 0.3) is 5.91 Å². The highest BCUT2D eigenvalue weighted by atomic mass is 16.6. The minimum Gasteiger partial charge on any atom is -0.480 e. The maximum absolute atomic E-state index is 13.9. The Balaban J connectivity index is 1.48. The van der Waals surface area contributed by atoms with Gasteiger partial charge >= 0.3 is 18.2 Å². The number of ether oxygens (including phenoxy) is 2. The van der Waals surface area contributed by atoms with Crippen LogP contribution in [0.4, 0.5) is 15.3 Å². The normalized spacial score (nSPS) is 15.2. The van der Waals surface area contributed by atoms with Gasteiger partial charge in [-0.3, -0.25) is 19.9 Å². The Morgan fingerprint density at radius 1 is 1.00 bits per heavy atom. The molecule has 1 unspecified atom stereocenters. The Kier molecular flexibility index (Phi) is 11.9. The highest BCUT2D eigenvalue weighted by molar-refractivity contribution is 5.89. The van der Waals surface area contributed by atoms with Crippen LogP contribution in [0.5, 0.6) is 0 Å². The van der Waals surface area contributed by atoms with E-state index in [-0.39, 0.29) is 26.2 Å². The van der Waals surface area contributed by atoms with Crippen LogP contribution in [-0.4, -0.2) is 79.7 Å². The summed E-state index contributed by atoms with van der Waals surface area (Å²) in [4.78, 5) is 56.1. The van der Waals surface area contributed by atoms with Crippen LogP contribution in [0.3, 0.4) is 0 Å². The Labute approximate surface area is 295 Å². The van der Waals surface area contributed by atoms with Gasteiger partial charge in [0.05, 0.1) is 17.4 Å². The molecule has 2 heterocycles. The van der Waals surface area contributed by atoms with Crippen LogP contribution < -0.4 is 16.1 Å². The number of aliphatic carboxylic acids is 1. The van der Waals surface area contributed by atoms with Gasteiger partial charge in [-0.1, -0.05) is 42.5 Å². The monoisotopic (exact) mass is 700 g/mol. The molecule has 3 amide bonds. The number of fused-ring (bicyclic) bond motifs is 1. The number of hydrogen-bond donors (Lipinski definition) is 5. The van der Waals surface area contributed by atoms with E-state index in [4.69, 9.17) is 9.47 Å². The van der Waals surface area contributed by atoms with E-state index in [9.17, 15) is 29.4 Å². The number of nitrogens with zero attached hydrogens (tertiary/aromatic N) is 3. The van der Waals surface area contributed by atoms with Crippen molar-refractivity contribution in [2.75, 3.05) is 18.5 Å². The van der Waals surface area contributed by atoms with E-state index in [1.54, 1.807) is 39.2 Å². The molecule has 14 heteroatoms. The van der Waals surface area contributed by atoms with Crippen molar-refractivity contribution in [3.8, 4) is 11.1 Å². The standard InChI is InChI=1S/C37H44N6O8/c1-37(2,3)51-36(49)40-31(33(45)43-15-7-11-30(41-43)34(46)47)19-25-17-27(26-12-13-29-32(21-26)42(23-38-29)14-8-16-44)20-28(18-25)39-35(48)50-22-24-9-5-4-6-10-24/h4-6,9-10,12-13,17-18,20-21,23,30-31,41,44H,7-8,11,14-16,19,22H2,1-3H3,(H,39,48)(H,40,49)(H,46,47)/t30-,31?/m0/s1. The third-order valence-corrected chi connectivity index (χ3v) is 8.14. The number of alkyl carbamates (subject to hydrolysis) is 1. The molecular weight excluding hydrogens is 656 g/mol.